The number of hydroxylamine groups is 1. The predicted octanol–water partition coefficient (Wildman–Crippen LogP) is 1.39. The first-order valence-corrected chi connectivity index (χ1v) is 5.24. The third-order valence-corrected chi connectivity index (χ3v) is 2.00. The van der Waals surface area contributed by atoms with E-state index in [1.165, 1.54) is 6.20 Å². The lowest BCUT2D eigenvalue weighted by atomic mass is 10.2. The number of aliphatic hydroxyl groups is 2. The maximum absolute atomic E-state index is 11.1. The average molecular weight is 216 g/mol. The standard InChI is InChI=1S/C10H20N2O3/c1-3-4-5-6-7-12(15)11-9(2)10(14)8-13/h6-7,9-10,13-14H,3-5,8H2,1-2H3/b7-6-,12-11?. The number of unbranched alkanes of at least 4 members (excludes halogenated alkanes) is 2. The van der Waals surface area contributed by atoms with Crippen LogP contribution in [0.3, 0.4) is 0 Å². The van der Waals surface area contributed by atoms with Crippen LogP contribution in [0.15, 0.2) is 17.4 Å². The van der Waals surface area contributed by atoms with Crippen LogP contribution in [0.25, 0.3) is 0 Å². The van der Waals surface area contributed by atoms with Crippen LogP contribution >= 0.6 is 0 Å². The molecule has 0 aliphatic heterocycles. The van der Waals surface area contributed by atoms with Gasteiger partial charge in [0.2, 0.25) is 6.20 Å². The highest BCUT2D eigenvalue weighted by molar-refractivity contribution is 4.72. The van der Waals surface area contributed by atoms with E-state index in [9.17, 15) is 5.21 Å². The van der Waals surface area contributed by atoms with Crippen LogP contribution in [0.5, 0.6) is 0 Å². The lowest BCUT2D eigenvalue weighted by Gasteiger charge is -2.08. The summed E-state index contributed by atoms with van der Waals surface area (Å²) in [6.45, 7) is 3.26. The molecule has 5 heteroatoms. The fourth-order valence-corrected chi connectivity index (χ4v) is 0.934. The fraction of sp³-hybridized carbons (Fsp3) is 0.800. The van der Waals surface area contributed by atoms with Crippen molar-refractivity contribution >= 4 is 0 Å². The van der Waals surface area contributed by atoms with E-state index in [2.05, 4.69) is 12.0 Å². The average Bonchev–Trinajstić information content (AvgIpc) is 2.23. The molecule has 0 bridgehead atoms. The van der Waals surface area contributed by atoms with Crippen molar-refractivity contribution in [3.63, 3.8) is 0 Å². The Morgan fingerprint density at radius 2 is 2.20 bits per heavy atom. The van der Waals surface area contributed by atoms with Gasteiger partial charge in [0.05, 0.1) is 6.61 Å². The van der Waals surface area contributed by atoms with Crippen LogP contribution < -0.4 is 0 Å². The monoisotopic (exact) mass is 216 g/mol. The number of azo groups is 1. The highest BCUT2D eigenvalue weighted by atomic mass is 16.5. The summed E-state index contributed by atoms with van der Waals surface area (Å²) in [4.78, 5) is 0.430. The van der Waals surface area contributed by atoms with Gasteiger partial charge in [-0.15, -0.1) is 0 Å². The van der Waals surface area contributed by atoms with Gasteiger partial charge in [-0.1, -0.05) is 18.2 Å². The molecule has 88 valence electrons. The van der Waals surface area contributed by atoms with Gasteiger partial charge in [-0.05, 0) is 31.0 Å². The van der Waals surface area contributed by atoms with E-state index in [1.54, 1.807) is 13.0 Å². The van der Waals surface area contributed by atoms with Crippen LogP contribution in [0.1, 0.15) is 33.1 Å². The second-order valence-electron chi connectivity index (χ2n) is 3.44. The third kappa shape index (κ3) is 7.04. The zero-order valence-electron chi connectivity index (χ0n) is 9.33. The maximum atomic E-state index is 11.1. The van der Waals surface area contributed by atoms with E-state index in [-0.39, 0.29) is 0 Å². The first-order valence-electron chi connectivity index (χ1n) is 5.24. The molecule has 0 heterocycles. The minimum Gasteiger partial charge on any atom is -0.595 e. The van der Waals surface area contributed by atoms with Crippen LogP contribution in [0.2, 0.25) is 0 Å². The lowest BCUT2D eigenvalue weighted by molar-refractivity contribution is -0.463. The summed E-state index contributed by atoms with van der Waals surface area (Å²) in [5, 5.41) is 32.5. The molecule has 0 spiro atoms. The van der Waals surface area contributed by atoms with Gasteiger partial charge in [-0.3, -0.25) is 0 Å². The molecule has 0 aliphatic carbocycles. The number of hydrogen-bond donors (Lipinski definition) is 2. The molecule has 0 aromatic rings. The second kappa shape index (κ2) is 8.38. The van der Waals surface area contributed by atoms with Crippen LogP contribution in [0.4, 0.5) is 0 Å². The summed E-state index contributed by atoms with van der Waals surface area (Å²) in [5.74, 6) is 0. The Balaban J connectivity index is 4.01. The summed E-state index contributed by atoms with van der Waals surface area (Å²) in [7, 11) is 0. The second-order valence-corrected chi connectivity index (χ2v) is 3.44. The Labute approximate surface area is 90.3 Å². The van der Waals surface area contributed by atoms with Crippen molar-refractivity contribution in [1.82, 2.24) is 0 Å². The molecule has 0 radical (unpaired) electrons. The summed E-state index contributed by atoms with van der Waals surface area (Å²) >= 11 is 0. The van der Waals surface area contributed by atoms with Gasteiger partial charge in [0.1, 0.15) is 12.1 Å². The van der Waals surface area contributed by atoms with Crippen LogP contribution in [-0.4, -0.2) is 33.8 Å². The molecular formula is C10H20N2O3. The van der Waals surface area contributed by atoms with E-state index in [1.807, 2.05) is 0 Å². The molecule has 0 aromatic carbocycles. The molecule has 0 aromatic heterocycles. The quantitative estimate of drug-likeness (QED) is 0.292. The Bertz CT molecular complexity index is 217. The zero-order valence-corrected chi connectivity index (χ0v) is 9.33. The number of allylic oxidation sites excluding steroid dienone is 1. The van der Waals surface area contributed by atoms with Crippen LogP contribution in [-0.2, 0) is 0 Å². The Hall–Kier alpha value is -0.940. The minimum atomic E-state index is -0.981. The largest absolute Gasteiger partial charge is 0.595 e. The van der Waals surface area contributed by atoms with E-state index >= 15 is 0 Å². The van der Waals surface area contributed by atoms with E-state index in [0.717, 1.165) is 19.3 Å². The molecular weight excluding hydrogens is 196 g/mol. The minimum absolute atomic E-state index is 0.391. The van der Waals surface area contributed by atoms with Gasteiger partial charge in [-0.25, -0.2) is 0 Å². The van der Waals surface area contributed by atoms with Gasteiger partial charge in [-0.2, -0.15) is 0 Å². The van der Waals surface area contributed by atoms with Crippen molar-refractivity contribution < 1.29 is 15.1 Å². The Kier molecular flexibility index (Phi) is 7.85. The lowest BCUT2D eigenvalue weighted by Crippen LogP contribution is -2.25. The third-order valence-electron chi connectivity index (χ3n) is 2.00. The summed E-state index contributed by atoms with van der Waals surface area (Å²) in [6, 6.07) is -0.594. The molecule has 2 unspecified atom stereocenters. The molecule has 2 N–H and O–H groups in total. The first-order chi connectivity index (χ1) is 7.11. The summed E-state index contributed by atoms with van der Waals surface area (Å²) in [6.07, 6.45) is 5.07. The molecule has 0 rings (SSSR count). The van der Waals surface area contributed by atoms with Crippen molar-refractivity contribution in [2.24, 2.45) is 5.11 Å². The van der Waals surface area contributed by atoms with Crippen molar-refractivity contribution in [3.8, 4) is 0 Å². The molecule has 2 atom stereocenters. The Morgan fingerprint density at radius 3 is 2.73 bits per heavy atom. The number of nitrogens with zero attached hydrogens (tertiary/aromatic N) is 2. The van der Waals surface area contributed by atoms with Gasteiger partial charge < -0.3 is 15.4 Å². The topological polar surface area (TPSA) is 78.9 Å². The van der Waals surface area contributed by atoms with Crippen molar-refractivity contribution in [2.75, 3.05) is 6.61 Å². The zero-order chi connectivity index (χ0) is 11.7. The van der Waals surface area contributed by atoms with Crippen molar-refractivity contribution in [2.45, 2.75) is 45.3 Å². The SMILES string of the molecule is CCCC/C=C\[N+]([O-])=NC(C)C(O)CO. The van der Waals surface area contributed by atoms with E-state index < -0.39 is 18.8 Å². The van der Waals surface area contributed by atoms with Gasteiger partial charge in [0.15, 0.2) is 0 Å². The normalized spacial score (nSPS) is 16.9. The van der Waals surface area contributed by atoms with E-state index in [4.69, 9.17) is 10.2 Å². The first kappa shape index (κ1) is 14.1. The molecule has 0 saturated carbocycles. The van der Waals surface area contributed by atoms with Gasteiger partial charge in [0.25, 0.3) is 0 Å². The Morgan fingerprint density at radius 1 is 1.53 bits per heavy atom. The van der Waals surface area contributed by atoms with Crippen LogP contribution in [0, 0.1) is 5.21 Å². The fourth-order valence-electron chi connectivity index (χ4n) is 0.934. The highest BCUT2D eigenvalue weighted by Crippen LogP contribution is 1.99. The number of aliphatic hydroxyl groups excluding tert-OH is 2. The number of rotatable bonds is 7. The molecule has 5 nitrogen and oxygen atoms in total. The number of hydrogen-bond acceptors (Lipinski definition) is 4. The maximum Gasteiger partial charge on any atom is 0.205 e. The highest BCUT2D eigenvalue weighted by Gasteiger charge is 2.14. The molecule has 0 aliphatic rings. The summed E-state index contributed by atoms with van der Waals surface area (Å²) < 4.78 is 0. The van der Waals surface area contributed by atoms with E-state index in [0.29, 0.717) is 4.86 Å². The summed E-state index contributed by atoms with van der Waals surface area (Å²) in [5.41, 5.74) is 0. The molecule has 0 saturated heterocycles. The molecule has 0 fully saturated rings. The molecule has 15 heavy (non-hydrogen) atoms. The van der Waals surface area contributed by atoms with Crippen molar-refractivity contribution in [1.29, 1.82) is 0 Å². The smallest absolute Gasteiger partial charge is 0.205 e. The van der Waals surface area contributed by atoms with Gasteiger partial charge >= 0.3 is 0 Å². The van der Waals surface area contributed by atoms with Gasteiger partial charge in [0, 0.05) is 0 Å². The van der Waals surface area contributed by atoms with Crippen molar-refractivity contribution in [3.05, 3.63) is 17.5 Å². The molecule has 0 amide bonds. The predicted molar refractivity (Wildman–Crippen MR) is 57.3 cm³/mol.